The summed E-state index contributed by atoms with van der Waals surface area (Å²) in [5.41, 5.74) is -1.02. The van der Waals surface area contributed by atoms with E-state index in [-0.39, 0.29) is 12.4 Å². The number of alkyl halides is 17. The average molecular weight is 1030 g/mol. The number of carbonyl (C=O) groups is 2. The molecule has 1 N–H and O–H groups in total. The van der Waals surface area contributed by atoms with Gasteiger partial charge in [0.15, 0.2) is 8.32 Å². The van der Waals surface area contributed by atoms with Gasteiger partial charge in [-0.3, -0.25) is 5.32 Å². The van der Waals surface area contributed by atoms with Crippen LogP contribution in [0.15, 0.2) is 72.8 Å². The van der Waals surface area contributed by atoms with E-state index < -0.39 is 117 Å². The molecule has 2 aromatic rings. The van der Waals surface area contributed by atoms with Crippen LogP contribution < -0.4 is 14.8 Å². The minimum absolute atomic E-state index is 0.116. The van der Waals surface area contributed by atoms with E-state index in [9.17, 15) is 75.4 Å². The highest BCUT2D eigenvalue weighted by Gasteiger charge is 2.95. The minimum Gasteiger partial charge on any atom is -0.497 e. The molecule has 0 bridgehead atoms. The van der Waals surface area contributed by atoms with Crippen LogP contribution in [0.2, 0.25) is 17.1 Å². The van der Waals surface area contributed by atoms with Gasteiger partial charge in [-0.2, -0.15) is 74.6 Å². The van der Waals surface area contributed by atoms with Crippen molar-refractivity contribution in [3.63, 3.8) is 0 Å². The third kappa shape index (κ3) is 12.5. The topological polar surface area (TPSA) is 92.3 Å². The summed E-state index contributed by atoms with van der Waals surface area (Å²) < 4.78 is 263. The van der Waals surface area contributed by atoms with Crippen LogP contribution in [0.5, 0.6) is 11.5 Å². The standard InChI is InChI=1S/C42H48F17NO7Si/c1-8-64-32(61)12-10-9-11-27(6)33(67-34(62)60-29-15-19-30(63-7)20-16-29)28-13-17-31(18-14-28)65-22-23-66-68(25(2)3,26(4)5)24-21-35(43,44)36(45,46)37(47,48)38(49,50)39(51,52)40(53,54)41(55,56)42(57,58)59/h9-20,25-27,33H,8,21-24H2,1-7H3,(H,60,62)/b11-9+,12-10+/t27-,33+/m0/s1. The third-order valence-electron chi connectivity index (χ3n) is 10.6. The highest BCUT2D eigenvalue weighted by molar-refractivity contribution is 6.76. The third-order valence-corrected chi connectivity index (χ3v) is 16.3. The second-order valence-electron chi connectivity index (χ2n) is 15.7. The fourth-order valence-electron chi connectivity index (χ4n) is 6.58. The quantitative estimate of drug-likeness (QED) is 0.0264. The lowest BCUT2D eigenvalue weighted by Gasteiger charge is -2.44. The van der Waals surface area contributed by atoms with Gasteiger partial charge in [0, 0.05) is 24.1 Å². The second kappa shape index (κ2) is 22.3. The Morgan fingerprint density at radius 2 is 1.13 bits per heavy atom. The monoisotopic (exact) mass is 1030 g/mol. The maximum absolute atomic E-state index is 15.0. The molecule has 0 aliphatic rings. The average Bonchev–Trinajstić information content (AvgIpc) is 3.23. The summed E-state index contributed by atoms with van der Waals surface area (Å²) in [6.45, 7) is 7.76. The van der Waals surface area contributed by atoms with E-state index in [4.69, 9.17) is 23.4 Å². The van der Waals surface area contributed by atoms with Gasteiger partial charge >= 0.3 is 59.7 Å². The minimum atomic E-state index is -8.70. The first-order chi connectivity index (χ1) is 31.0. The number of nitrogens with one attached hydrogen (secondary N) is 1. The van der Waals surface area contributed by atoms with Crippen molar-refractivity contribution in [2.75, 3.05) is 32.2 Å². The molecule has 0 unspecified atom stereocenters. The molecule has 2 aromatic carbocycles. The van der Waals surface area contributed by atoms with E-state index in [0.717, 1.165) is 6.08 Å². The van der Waals surface area contributed by atoms with Crippen LogP contribution >= 0.6 is 0 Å². The first kappa shape index (κ1) is 59.4. The molecule has 386 valence electrons. The van der Waals surface area contributed by atoms with Gasteiger partial charge in [-0.1, -0.05) is 65.0 Å². The number of carbonyl (C=O) groups excluding carboxylic acids is 2. The second-order valence-corrected chi connectivity index (χ2v) is 20.7. The maximum Gasteiger partial charge on any atom is 0.460 e. The molecule has 2 rings (SSSR count). The molecule has 0 spiro atoms. The summed E-state index contributed by atoms with van der Waals surface area (Å²) in [6, 6.07) is 10.7. The smallest absolute Gasteiger partial charge is 0.460 e. The summed E-state index contributed by atoms with van der Waals surface area (Å²) in [4.78, 5) is 24.6. The van der Waals surface area contributed by atoms with E-state index in [1.54, 1.807) is 44.2 Å². The van der Waals surface area contributed by atoms with Gasteiger partial charge in [0.1, 0.15) is 24.2 Å². The number of hydrogen-bond acceptors (Lipinski definition) is 7. The molecule has 26 heteroatoms. The van der Waals surface area contributed by atoms with Crippen molar-refractivity contribution in [3.05, 3.63) is 78.4 Å². The van der Waals surface area contributed by atoms with Crippen molar-refractivity contribution in [3.8, 4) is 11.5 Å². The van der Waals surface area contributed by atoms with Crippen LogP contribution in [0.25, 0.3) is 0 Å². The predicted octanol–water partition coefficient (Wildman–Crippen LogP) is 13.9. The van der Waals surface area contributed by atoms with Gasteiger partial charge in [0.2, 0.25) is 0 Å². The predicted molar refractivity (Wildman–Crippen MR) is 214 cm³/mol. The highest BCUT2D eigenvalue weighted by Crippen LogP contribution is 2.64. The van der Waals surface area contributed by atoms with Gasteiger partial charge in [-0.05, 0) is 66.0 Å². The van der Waals surface area contributed by atoms with Crippen LogP contribution in [0, 0.1) is 5.92 Å². The molecule has 0 saturated heterocycles. The van der Waals surface area contributed by atoms with Gasteiger partial charge in [0.25, 0.3) is 0 Å². The van der Waals surface area contributed by atoms with E-state index in [0.29, 0.717) is 17.0 Å². The Hall–Kier alpha value is -4.75. The molecule has 0 fully saturated rings. The summed E-state index contributed by atoms with van der Waals surface area (Å²) in [5, 5.41) is 2.57. The normalized spacial score (nSPS) is 15.0. The van der Waals surface area contributed by atoms with Gasteiger partial charge in [-0.15, -0.1) is 0 Å². The van der Waals surface area contributed by atoms with Crippen molar-refractivity contribution in [1.29, 1.82) is 0 Å². The number of hydrogen-bond donors (Lipinski definition) is 1. The Morgan fingerprint density at radius 1 is 0.647 bits per heavy atom. The van der Waals surface area contributed by atoms with Gasteiger partial charge in [0.05, 0.1) is 20.3 Å². The van der Waals surface area contributed by atoms with E-state index in [1.165, 1.54) is 71.2 Å². The molecule has 0 heterocycles. The zero-order valence-corrected chi connectivity index (χ0v) is 38.1. The molecular formula is C42H48F17NO7Si. The Morgan fingerprint density at radius 3 is 1.60 bits per heavy atom. The van der Waals surface area contributed by atoms with Crippen LogP contribution in [0.3, 0.4) is 0 Å². The van der Waals surface area contributed by atoms with Gasteiger partial charge < -0.3 is 23.4 Å². The first-order valence-corrected chi connectivity index (χ1v) is 22.4. The Bertz CT molecular complexity index is 2000. The number of amides is 1. The molecule has 68 heavy (non-hydrogen) atoms. The molecule has 0 aliphatic carbocycles. The molecule has 0 aliphatic heterocycles. The van der Waals surface area contributed by atoms with Gasteiger partial charge in [-0.25, -0.2) is 9.59 Å². The number of ether oxygens (including phenoxy) is 4. The largest absolute Gasteiger partial charge is 0.497 e. The lowest BCUT2D eigenvalue weighted by atomic mass is 9.88. The molecule has 2 atom stereocenters. The zero-order chi connectivity index (χ0) is 52.5. The van der Waals surface area contributed by atoms with Crippen molar-refractivity contribution in [2.24, 2.45) is 5.92 Å². The maximum atomic E-state index is 15.0. The van der Waals surface area contributed by atoms with Crippen LogP contribution in [-0.4, -0.2) is 94.9 Å². The number of anilines is 1. The van der Waals surface area contributed by atoms with Crippen LogP contribution in [0.4, 0.5) is 85.1 Å². The number of allylic oxidation sites excluding steroid dienone is 2. The lowest BCUT2D eigenvalue weighted by Crippen LogP contribution is -2.74. The van der Waals surface area contributed by atoms with Crippen LogP contribution in [0.1, 0.15) is 59.6 Å². The summed E-state index contributed by atoms with van der Waals surface area (Å²) in [5.74, 6) is -57.4. The Kier molecular flexibility index (Phi) is 19.5. The number of rotatable bonds is 25. The zero-order valence-electron chi connectivity index (χ0n) is 37.1. The molecule has 1 amide bonds. The summed E-state index contributed by atoms with van der Waals surface area (Å²) >= 11 is 0. The SMILES string of the molecule is CCOC(=O)/C=C/C=C/[C@H](C)[C@@H](OC(=O)Nc1ccc(OC)cc1)c1ccc(OCCO[Si](CCC(F)(F)C(F)(F)C(F)(F)C(F)(F)C(F)(F)C(F)(F)C(F)(F)C(F)(F)F)(C(C)C)C(C)C)cc1. The van der Waals surface area contributed by atoms with E-state index in [2.05, 4.69) is 5.32 Å². The fourth-order valence-corrected chi connectivity index (χ4v) is 11.0. The Balaban J connectivity index is 2.31. The lowest BCUT2D eigenvalue weighted by molar-refractivity contribution is -0.461. The van der Waals surface area contributed by atoms with Crippen molar-refractivity contribution in [1.82, 2.24) is 0 Å². The molecule has 0 radical (unpaired) electrons. The first-order valence-electron chi connectivity index (χ1n) is 20.2. The highest BCUT2D eigenvalue weighted by atomic mass is 28.4. The van der Waals surface area contributed by atoms with Crippen molar-refractivity contribution >= 4 is 26.1 Å². The van der Waals surface area contributed by atoms with E-state index >= 15 is 8.78 Å². The summed E-state index contributed by atoms with van der Waals surface area (Å²) in [6.07, 6.45) is -6.56. The number of benzene rings is 2. The van der Waals surface area contributed by atoms with E-state index in [1.807, 2.05) is 0 Å². The molecule has 8 nitrogen and oxygen atoms in total. The molecular weight excluding hydrogens is 982 g/mol. The number of esters is 1. The number of halogens is 17. The summed E-state index contributed by atoms with van der Waals surface area (Å²) in [7, 11) is -2.57. The van der Waals surface area contributed by atoms with Crippen molar-refractivity contribution < 1.29 is 108 Å². The fraction of sp³-hybridized carbons (Fsp3) is 0.571. The molecule has 0 saturated carbocycles. The molecule has 0 aromatic heterocycles. The van der Waals surface area contributed by atoms with Crippen molar-refractivity contribution in [2.45, 2.75) is 119 Å². The number of methoxy groups -OCH3 is 1. The van der Waals surface area contributed by atoms with Crippen LogP contribution in [-0.2, 0) is 18.7 Å². The Labute approximate surface area is 380 Å².